The molecule has 0 amide bonds. The van der Waals surface area contributed by atoms with Gasteiger partial charge in [-0.2, -0.15) is 0 Å². The molecule has 6 atom stereocenters. The Hall–Kier alpha value is -1.20. The van der Waals surface area contributed by atoms with Crippen LogP contribution in [0, 0.1) is 34.0 Å². The summed E-state index contributed by atoms with van der Waals surface area (Å²) >= 11 is 0. The lowest BCUT2D eigenvalue weighted by molar-refractivity contribution is -0.322. The van der Waals surface area contributed by atoms with Crippen LogP contribution in [0.15, 0.2) is 18.6 Å². The van der Waals surface area contributed by atoms with E-state index in [1.54, 1.807) is 12.5 Å². The van der Waals surface area contributed by atoms with Crippen molar-refractivity contribution in [2.24, 2.45) is 34.0 Å². The highest BCUT2D eigenvalue weighted by molar-refractivity contribution is 5.11. The van der Waals surface area contributed by atoms with E-state index in [0.717, 1.165) is 19.4 Å². The lowest BCUT2D eigenvalue weighted by Gasteiger charge is -2.65. The fraction of sp³-hybridized carbons (Fsp3) is 0.852. The summed E-state index contributed by atoms with van der Waals surface area (Å²) in [5.74, 6) is 2.54. The van der Waals surface area contributed by atoms with Crippen molar-refractivity contribution in [3.05, 3.63) is 18.6 Å². The molecule has 178 valence electrons. The van der Waals surface area contributed by atoms with Crippen molar-refractivity contribution in [1.29, 1.82) is 0 Å². The monoisotopic (exact) mass is 442 g/mol. The molecule has 0 spiro atoms. The van der Waals surface area contributed by atoms with E-state index < -0.39 is 0 Å². The Bertz CT molecular complexity index is 780. The van der Waals surface area contributed by atoms with Crippen molar-refractivity contribution in [2.45, 2.75) is 97.9 Å². The summed E-state index contributed by atoms with van der Waals surface area (Å²) in [4.78, 5) is 8.23. The number of fused-ring (bicyclic) bond motifs is 3. The highest BCUT2D eigenvalue weighted by Gasteiger charge is 2.62. The van der Waals surface area contributed by atoms with Gasteiger partial charge in [-0.3, -0.25) is 0 Å². The predicted molar refractivity (Wildman–Crippen MR) is 124 cm³/mol. The van der Waals surface area contributed by atoms with E-state index in [0.29, 0.717) is 41.8 Å². The van der Waals surface area contributed by atoms with Gasteiger partial charge in [0.2, 0.25) is 5.88 Å². The van der Waals surface area contributed by atoms with E-state index >= 15 is 0 Å². The van der Waals surface area contributed by atoms with Gasteiger partial charge in [0.1, 0.15) is 6.33 Å². The van der Waals surface area contributed by atoms with Gasteiger partial charge >= 0.3 is 0 Å². The molecule has 0 radical (unpaired) electrons. The van der Waals surface area contributed by atoms with E-state index in [-0.39, 0.29) is 17.1 Å². The Morgan fingerprint density at radius 3 is 2.59 bits per heavy atom. The first-order chi connectivity index (χ1) is 15.3. The van der Waals surface area contributed by atoms with Gasteiger partial charge in [0.15, 0.2) is 6.29 Å². The molecular formula is C27H42N2O3. The molecular weight excluding hydrogens is 400 g/mol. The van der Waals surface area contributed by atoms with Gasteiger partial charge in [-0.25, -0.2) is 9.97 Å². The Morgan fingerprint density at radius 2 is 1.84 bits per heavy atom. The number of hydrogen-bond donors (Lipinski definition) is 0. The summed E-state index contributed by atoms with van der Waals surface area (Å²) in [6.07, 6.45) is 14.9. The van der Waals surface area contributed by atoms with E-state index in [4.69, 9.17) is 14.2 Å². The predicted octanol–water partition coefficient (Wildman–Crippen LogP) is 6.04. The minimum Gasteiger partial charge on any atom is -0.478 e. The number of ether oxygens (including phenoxy) is 3. The van der Waals surface area contributed by atoms with Crippen LogP contribution in [-0.2, 0) is 9.47 Å². The third-order valence-corrected chi connectivity index (χ3v) is 9.94. The molecule has 0 N–H and O–H groups in total. The SMILES string of the molecule is CC1(C)CCC2[C@]3(C)CO[C@@H](C4CCCC4)O[C@@H]3CC[C@@]2(C)[C@@H]1CCOc1ccncn1. The number of nitrogens with zero attached hydrogens (tertiary/aromatic N) is 2. The Kier molecular flexibility index (Phi) is 6.03. The first kappa shape index (κ1) is 22.6. The third kappa shape index (κ3) is 3.87. The van der Waals surface area contributed by atoms with Crippen LogP contribution >= 0.6 is 0 Å². The quantitative estimate of drug-likeness (QED) is 0.557. The van der Waals surface area contributed by atoms with Crippen LogP contribution in [0.25, 0.3) is 0 Å². The van der Waals surface area contributed by atoms with Gasteiger partial charge in [0, 0.05) is 23.6 Å². The number of hydrogen-bond acceptors (Lipinski definition) is 5. The number of rotatable bonds is 5. The molecule has 32 heavy (non-hydrogen) atoms. The smallest absolute Gasteiger partial charge is 0.216 e. The molecule has 4 fully saturated rings. The largest absolute Gasteiger partial charge is 0.478 e. The Labute approximate surface area is 194 Å². The fourth-order valence-electron chi connectivity index (χ4n) is 8.31. The van der Waals surface area contributed by atoms with Crippen LogP contribution in [0.5, 0.6) is 5.88 Å². The first-order valence-electron chi connectivity index (χ1n) is 13.0. The molecule has 0 bridgehead atoms. The van der Waals surface area contributed by atoms with Crippen molar-refractivity contribution in [3.8, 4) is 5.88 Å². The summed E-state index contributed by atoms with van der Waals surface area (Å²) < 4.78 is 19.3. The normalized spacial score (nSPS) is 41.6. The maximum atomic E-state index is 6.74. The van der Waals surface area contributed by atoms with Crippen molar-refractivity contribution < 1.29 is 14.2 Å². The molecule has 1 aliphatic heterocycles. The topological polar surface area (TPSA) is 53.5 Å². The molecule has 1 aromatic rings. The number of aromatic nitrogens is 2. The molecule has 4 aliphatic rings. The lowest BCUT2D eigenvalue weighted by Crippen LogP contribution is -2.63. The second-order valence-electron chi connectivity index (χ2n) is 12.2. The summed E-state index contributed by atoms with van der Waals surface area (Å²) in [6.45, 7) is 11.6. The molecule has 3 saturated carbocycles. The second kappa shape index (κ2) is 8.54. The minimum atomic E-state index is 0.0389. The van der Waals surface area contributed by atoms with Crippen LogP contribution < -0.4 is 4.74 Å². The summed E-state index contributed by atoms with van der Waals surface area (Å²) in [5, 5.41) is 0. The van der Waals surface area contributed by atoms with Gasteiger partial charge in [-0.15, -0.1) is 0 Å². The molecule has 5 heteroatoms. The van der Waals surface area contributed by atoms with Crippen molar-refractivity contribution >= 4 is 0 Å². The maximum absolute atomic E-state index is 6.74. The fourth-order valence-corrected chi connectivity index (χ4v) is 8.31. The van der Waals surface area contributed by atoms with Crippen molar-refractivity contribution in [3.63, 3.8) is 0 Å². The minimum absolute atomic E-state index is 0.0389. The van der Waals surface area contributed by atoms with E-state index in [9.17, 15) is 0 Å². The maximum Gasteiger partial charge on any atom is 0.216 e. The Morgan fingerprint density at radius 1 is 1.03 bits per heavy atom. The third-order valence-electron chi connectivity index (χ3n) is 9.94. The van der Waals surface area contributed by atoms with Crippen LogP contribution in [0.1, 0.15) is 85.5 Å². The van der Waals surface area contributed by atoms with Crippen LogP contribution in [0.2, 0.25) is 0 Å². The van der Waals surface area contributed by atoms with Gasteiger partial charge in [0.25, 0.3) is 0 Å². The van der Waals surface area contributed by atoms with Crippen molar-refractivity contribution in [1.82, 2.24) is 9.97 Å². The zero-order valence-corrected chi connectivity index (χ0v) is 20.5. The lowest BCUT2D eigenvalue weighted by atomic mass is 9.42. The molecule has 5 rings (SSSR count). The average molecular weight is 443 g/mol. The molecule has 3 aliphatic carbocycles. The van der Waals surface area contributed by atoms with E-state index in [1.165, 1.54) is 44.9 Å². The zero-order chi connectivity index (χ0) is 22.4. The highest BCUT2D eigenvalue weighted by atomic mass is 16.7. The molecule has 1 saturated heterocycles. The van der Waals surface area contributed by atoms with Gasteiger partial charge in [-0.05, 0) is 67.6 Å². The van der Waals surface area contributed by atoms with E-state index in [2.05, 4.69) is 37.7 Å². The van der Waals surface area contributed by atoms with Gasteiger partial charge in [-0.1, -0.05) is 40.5 Å². The summed E-state index contributed by atoms with van der Waals surface area (Å²) in [5.41, 5.74) is 0.714. The van der Waals surface area contributed by atoms with E-state index in [1.807, 2.05) is 6.07 Å². The first-order valence-corrected chi connectivity index (χ1v) is 13.0. The van der Waals surface area contributed by atoms with Gasteiger partial charge < -0.3 is 14.2 Å². The average Bonchev–Trinajstić information content (AvgIpc) is 3.30. The second-order valence-corrected chi connectivity index (χ2v) is 12.2. The molecule has 5 nitrogen and oxygen atoms in total. The Balaban J connectivity index is 1.31. The summed E-state index contributed by atoms with van der Waals surface area (Å²) in [7, 11) is 0. The molecule has 0 aromatic carbocycles. The highest BCUT2D eigenvalue weighted by Crippen LogP contribution is 2.66. The molecule has 2 heterocycles. The zero-order valence-electron chi connectivity index (χ0n) is 20.5. The standard InChI is InChI=1S/C27H42N2O3/c1-25(2)13-9-21-26(3,20(25)12-16-30-23-11-15-28-18-29-23)14-10-22-27(21,4)17-31-24(32-22)19-7-5-6-8-19/h11,15,18-22,24H,5-10,12-14,16-17H2,1-4H3/t20-,21?,22-,24-,26+,27+/m1/s1. The molecule has 1 unspecified atom stereocenters. The summed E-state index contributed by atoms with van der Waals surface area (Å²) in [6, 6.07) is 1.85. The van der Waals surface area contributed by atoms with Crippen LogP contribution in [-0.4, -0.2) is 35.6 Å². The van der Waals surface area contributed by atoms with Crippen LogP contribution in [0.3, 0.4) is 0 Å². The van der Waals surface area contributed by atoms with Gasteiger partial charge in [0.05, 0.1) is 19.3 Å². The van der Waals surface area contributed by atoms with Crippen LogP contribution in [0.4, 0.5) is 0 Å². The van der Waals surface area contributed by atoms with Crippen molar-refractivity contribution in [2.75, 3.05) is 13.2 Å². The molecule has 1 aromatic heterocycles.